The van der Waals surface area contributed by atoms with Gasteiger partial charge in [-0.2, -0.15) is 0 Å². The predicted molar refractivity (Wildman–Crippen MR) is 72.2 cm³/mol. The molecule has 0 saturated carbocycles. The van der Waals surface area contributed by atoms with E-state index in [1.54, 1.807) is 13.0 Å². The zero-order valence-electron chi connectivity index (χ0n) is 11.5. The molecule has 0 fully saturated rings. The van der Waals surface area contributed by atoms with E-state index in [4.69, 9.17) is 9.15 Å². The van der Waals surface area contributed by atoms with Crippen LogP contribution in [0.15, 0.2) is 34.7 Å². The number of rotatable bonds is 5. The lowest BCUT2D eigenvalue weighted by molar-refractivity contribution is -0.384. The van der Waals surface area contributed by atoms with Crippen molar-refractivity contribution in [3.05, 3.63) is 57.5 Å². The fourth-order valence-corrected chi connectivity index (χ4v) is 1.75. The Morgan fingerprint density at radius 3 is 2.57 bits per heavy atom. The molecule has 0 unspecified atom stereocenters. The number of ether oxygens (including phenoxy) is 2. The van der Waals surface area contributed by atoms with E-state index in [1.165, 1.54) is 31.4 Å². The number of aryl methyl sites for hydroxylation is 1. The zero-order chi connectivity index (χ0) is 15.4. The minimum atomic E-state index is -0.484. The first-order valence-corrected chi connectivity index (χ1v) is 6.06. The second-order valence-corrected chi connectivity index (χ2v) is 4.21. The number of hydrogen-bond donors (Lipinski definition) is 0. The lowest BCUT2D eigenvalue weighted by atomic mass is 10.2. The lowest BCUT2D eigenvalue weighted by Crippen LogP contribution is -2.00. The zero-order valence-corrected chi connectivity index (χ0v) is 11.5. The molecule has 0 amide bonds. The van der Waals surface area contributed by atoms with E-state index >= 15 is 0 Å². The molecule has 1 heterocycles. The molecule has 7 nitrogen and oxygen atoms in total. The Balaban J connectivity index is 2.03. The molecule has 0 saturated heterocycles. The Kier molecular flexibility index (Phi) is 4.22. The maximum absolute atomic E-state index is 11.4. The molecule has 1 aromatic carbocycles. The second kappa shape index (κ2) is 6.08. The molecule has 0 aliphatic carbocycles. The van der Waals surface area contributed by atoms with Gasteiger partial charge in [-0.15, -0.1) is 0 Å². The third-order valence-electron chi connectivity index (χ3n) is 2.80. The van der Waals surface area contributed by atoms with Gasteiger partial charge in [0.25, 0.3) is 5.69 Å². The van der Waals surface area contributed by atoms with E-state index in [0.29, 0.717) is 22.8 Å². The normalized spacial score (nSPS) is 10.2. The fraction of sp³-hybridized carbons (Fsp3) is 0.214. The third-order valence-corrected chi connectivity index (χ3v) is 2.80. The van der Waals surface area contributed by atoms with E-state index in [0.717, 1.165) is 0 Å². The highest BCUT2D eigenvalue weighted by atomic mass is 16.6. The summed E-state index contributed by atoms with van der Waals surface area (Å²) in [6, 6.07) is 7.24. The van der Waals surface area contributed by atoms with Gasteiger partial charge in [0, 0.05) is 12.1 Å². The van der Waals surface area contributed by atoms with Crippen molar-refractivity contribution in [2.75, 3.05) is 7.11 Å². The highest BCUT2D eigenvalue weighted by Gasteiger charge is 2.15. The third kappa shape index (κ3) is 3.38. The van der Waals surface area contributed by atoms with Crippen LogP contribution in [0.3, 0.4) is 0 Å². The summed E-state index contributed by atoms with van der Waals surface area (Å²) in [6.07, 6.45) is 0. The van der Waals surface area contributed by atoms with Gasteiger partial charge in [-0.3, -0.25) is 10.1 Å². The molecule has 0 N–H and O–H groups in total. The van der Waals surface area contributed by atoms with Gasteiger partial charge >= 0.3 is 5.97 Å². The Labute approximate surface area is 120 Å². The van der Waals surface area contributed by atoms with Crippen LogP contribution in [-0.4, -0.2) is 18.0 Å². The number of nitro benzene ring substituents is 1. The molecule has 7 heteroatoms. The molecule has 0 radical (unpaired) electrons. The van der Waals surface area contributed by atoms with Crippen molar-refractivity contribution in [1.82, 2.24) is 0 Å². The maximum Gasteiger partial charge on any atom is 0.341 e. The lowest BCUT2D eigenvalue weighted by Gasteiger charge is -2.03. The number of esters is 1. The summed E-state index contributed by atoms with van der Waals surface area (Å²) in [5, 5.41) is 10.5. The van der Waals surface area contributed by atoms with Gasteiger partial charge < -0.3 is 13.9 Å². The smallest absolute Gasteiger partial charge is 0.341 e. The summed E-state index contributed by atoms with van der Waals surface area (Å²) in [6.45, 7) is 1.76. The van der Waals surface area contributed by atoms with Crippen molar-refractivity contribution in [3.63, 3.8) is 0 Å². The van der Waals surface area contributed by atoms with Gasteiger partial charge in [-0.1, -0.05) is 0 Å². The van der Waals surface area contributed by atoms with Crippen molar-refractivity contribution < 1.29 is 23.6 Å². The molecule has 1 aromatic heterocycles. The SMILES string of the molecule is COC(=O)c1cc(COc2ccc([N+](=O)[O-])cc2)oc1C. The second-order valence-electron chi connectivity index (χ2n) is 4.21. The van der Waals surface area contributed by atoms with Gasteiger partial charge in [0.15, 0.2) is 0 Å². The van der Waals surface area contributed by atoms with E-state index in [1.807, 2.05) is 0 Å². The molecular formula is C14H13NO6. The van der Waals surface area contributed by atoms with Crippen LogP contribution in [0.4, 0.5) is 5.69 Å². The van der Waals surface area contributed by atoms with Crippen molar-refractivity contribution in [1.29, 1.82) is 0 Å². The highest BCUT2D eigenvalue weighted by molar-refractivity contribution is 5.90. The summed E-state index contributed by atoms with van der Waals surface area (Å²) in [5.74, 6) is 0.905. The van der Waals surface area contributed by atoms with Gasteiger partial charge in [-0.05, 0) is 25.1 Å². The number of nitrogens with zero attached hydrogens (tertiary/aromatic N) is 1. The first-order chi connectivity index (χ1) is 10.0. The van der Waals surface area contributed by atoms with Gasteiger partial charge in [0.1, 0.15) is 29.4 Å². The summed E-state index contributed by atoms with van der Waals surface area (Å²) >= 11 is 0. The number of carbonyl (C=O) groups is 1. The average Bonchev–Trinajstić information content (AvgIpc) is 2.86. The number of non-ortho nitro benzene ring substituents is 1. The van der Waals surface area contributed by atoms with Crippen LogP contribution in [0.2, 0.25) is 0 Å². The van der Waals surface area contributed by atoms with Crippen molar-refractivity contribution in [2.45, 2.75) is 13.5 Å². The summed E-state index contributed by atoms with van der Waals surface area (Å²) < 4.78 is 15.5. The highest BCUT2D eigenvalue weighted by Crippen LogP contribution is 2.20. The Morgan fingerprint density at radius 1 is 1.33 bits per heavy atom. The number of carbonyl (C=O) groups excluding carboxylic acids is 1. The Bertz CT molecular complexity index is 659. The molecule has 2 aromatic rings. The van der Waals surface area contributed by atoms with Crippen LogP contribution in [0.1, 0.15) is 21.9 Å². The standard InChI is InChI=1S/C14H13NO6/c1-9-13(14(16)19-2)7-12(21-9)8-20-11-5-3-10(4-6-11)15(17)18/h3-7H,8H2,1-2H3. The van der Waals surface area contributed by atoms with Crippen LogP contribution in [0.25, 0.3) is 0 Å². The van der Waals surface area contributed by atoms with E-state index in [2.05, 4.69) is 4.74 Å². The van der Waals surface area contributed by atoms with Crippen LogP contribution >= 0.6 is 0 Å². The molecular weight excluding hydrogens is 278 g/mol. The molecule has 21 heavy (non-hydrogen) atoms. The topological polar surface area (TPSA) is 91.8 Å². The molecule has 0 spiro atoms. The van der Waals surface area contributed by atoms with E-state index in [9.17, 15) is 14.9 Å². The first-order valence-electron chi connectivity index (χ1n) is 6.06. The number of benzene rings is 1. The van der Waals surface area contributed by atoms with Crippen molar-refractivity contribution in [2.24, 2.45) is 0 Å². The van der Waals surface area contributed by atoms with Crippen molar-refractivity contribution in [3.8, 4) is 5.75 Å². The number of hydrogen-bond acceptors (Lipinski definition) is 6. The summed E-state index contributed by atoms with van der Waals surface area (Å²) in [7, 11) is 1.29. The maximum atomic E-state index is 11.4. The molecule has 0 aliphatic heterocycles. The Hall–Kier alpha value is -2.83. The average molecular weight is 291 g/mol. The summed E-state index contributed by atoms with van der Waals surface area (Å²) in [4.78, 5) is 21.5. The van der Waals surface area contributed by atoms with Gasteiger partial charge in [-0.25, -0.2) is 4.79 Å². The number of nitro groups is 1. The minimum Gasteiger partial charge on any atom is -0.486 e. The molecule has 2 rings (SSSR count). The van der Waals surface area contributed by atoms with Crippen LogP contribution in [0, 0.1) is 17.0 Å². The molecule has 0 bridgehead atoms. The van der Waals surface area contributed by atoms with Crippen LogP contribution in [-0.2, 0) is 11.3 Å². The molecule has 0 aliphatic rings. The molecule has 110 valence electrons. The molecule has 0 atom stereocenters. The minimum absolute atomic E-state index is 0.0100. The van der Waals surface area contributed by atoms with Crippen molar-refractivity contribution >= 4 is 11.7 Å². The van der Waals surface area contributed by atoms with Gasteiger partial charge in [0.05, 0.1) is 12.0 Å². The largest absolute Gasteiger partial charge is 0.486 e. The monoisotopic (exact) mass is 291 g/mol. The van der Waals surface area contributed by atoms with E-state index in [-0.39, 0.29) is 12.3 Å². The van der Waals surface area contributed by atoms with E-state index < -0.39 is 10.9 Å². The predicted octanol–water partition coefficient (Wildman–Crippen LogP) is 2.86. The number of furan rings is 1. The summed E-state index contributed by atoms with van der Waals surface area (Å²) in [5.41, 5.74) is 0.337. The quantitative estimate of drug-likeness (QED) is 0.478. The van der Waals surface area contributed by atoms with Crippen LogP contribution in [0.5, 0.6) is 5.75 Å². The van der Waals surface area contributed by atoms with Crippen LogP contribution < -0.4 is 4.74 Å². The van der Waals surface area contributed by atoms with Gasteiger partial charge in [0.2, 0.25) is 0 Å². The Morgan fingerprint density at radius 2 is 2.00 bits per heavy atom. The number of methoxy groups -OCH3 is 1. The first kappa shape index (κ1) is 14.6. The fourth-order valence-electron chi connectivity index (χ4n) is 1.75.